The van der Waals surface area contributed by atoms with Gasteiger partial charge in [-0.15, -0.1) is 0 Å². The van der Waals surface area contributed by atoms with Gasteiger partial charge in [-0.3, -0.25) is 0 Å². The normalized spacial score (nSPS) is 11.8. The van der Waals surface area contributed by atoms with Crippen molar-refractivity contribution >= 4 is 0 Å². The number of nitriles is 1. The van der Waals surface area contributed by atoms with Gasteiger partial charge in [-0.2, -0.15) is 5.26 Å². The van der Waals surface area contributed by atoms with Gasteiger partial charge in [-0.05, 0) is 24.3 Å². The highest BCUT2D eigenvalue weighted by atomic mass is 16.5. The summed E-state index contributed by atoms with van der Waals surface area (Å²) in [6, 6.07) is 10.5. The standard InChI is InChI=1S/C14H15N3O3/c15-7-11-1-3-13(4-2-11)19-10-12(18)8-16-9-14-5-6-17-20-14/h1-6,12,16,18H,8-10H2. The second-order valence-electron chi connectivity index (χ2n) is 4.21. The van der Waals surface area contributed by atoms with Crippen molar-refractivity contribution in [3.05, 3.63) is 47.9 Å². The fourth-order valence-corrected chi connectivity index (χ4v) is 1.57. The van der Waals surface area contributed by atoms with Crippen LogP contribution < -0.4 is 10.1 Å². The summed E-state index contributed by atoms with van der Waals surface area (Å²) in [4.78, 5) is 0. The van der Waals surface area contributed by atoms with Gasteiger partial charge >= 0.3 is 0 Å². The van der Waals surface area contributed by atoms with Crippen LogP contribution in [0.25, 0.3) is 0 Å². The molecule has 0 aliphatic heterocycles. The maximum Gasteiger partial charge on any atom is 0.150 e. The van der Waals surface area contributed by atoms with E-state index in [4.69, 9.17) is 14.5 Å². The largest absolute Gasteiger partial charge is 0.491 e. The number of nitrogens with zero attached hydrogens (tertiary/aromatic N) is 2. The number of ether oxygens (including phenoxy) is 1. The maximum atomic E-state index is 9.75. The summed E-state index contributed by atoms with van der Waals surface area (Å²) in [7, 11) is 0. The van der Waals surface area contributed by atoms with Crippen LogP contribution >= 0.6 is 0 Å². The Labute approximate surface area is 116 Å². The molecule has 1 unspecified atom stereocenters. The van der Waals surface area contributed by atoms with E-state index in [0.717, 1.165) is 0 Å². The average molecular weight is 273 g/mol. The Morgan fingerprint density at radius 3 is 2.80 bits per heavy atom. The van der Waals surface area contributed by atoms with E-state index in [9.17, 15) is 5.11 Å². The Kier molecular flexibility index (Phi) is 5.12. The van der Waals surface area contributed by atoms with Gasteiger partial charge < -0.3 is 19.7 Å². The molecule has 104 valence electrons. The molecular weight excluding hydrogens is 258 g/mol. The zero-order chi connectivity index (χ0) is 14.2. The average Bonchev–Trinajstić information content (AvgIpc) is 2.99. The third kappa shape index (κ3) is 4.39. The van der Waals surface area contributed by atoms with E-state index >= 15 is 0 Å². The molecule has 1 heterocycles. The van der Waals surface area contributed by atoms with Gasteiger partial charge in [0.1, 0.15) is 24.2 Å². The molecule has 0 radical (unpaired) electrons. The number of aliphatic hydroxyl groups is 1. The highest BCUT2D eigenvalue weighted by molar-refractivity contribution is 5.34. The van der Waals surface area contributed by atoms with Crippen molar-refractivity contribution in [2.45, 2.75) is 12.6 Å². The predicted octanol–water partition coefficient (Wildman–Crippen LogP) is 1.08. The minimum Gasteiger partial charge on any atom is -0.491 e. The van der Waals surface area contributed by atoms with Crippen LogP contribution in [0.3, 0.4) is 0 Å². The van der Waals surface area contributed by atoms with Crippen molar-refractivity contribution in [1.82, 2.24) is 10.5 Å². The first-order chi connectivity index (χ1) is 9.78. The molecular formula is C14H15N3O3. The lowest BCUT2D eigenvalue weighted by molar-refractivity contribution is 0.105. The molecule has 2 aromatic rings. The molecule has 0 aliphatic rings. The second-order valence-corrected chi connectivity index (χ2v) is 4.21. The molecule has 0 saturated carbocycles. The Morgan fingerprint density at radius 2 is 2.15 bits per heavy atom. The zero-order valence-electron chi connectivity index (χ0n) is 10.8. The molecule has 0 saturated heterocycles. The van der Waals surface area contributed by atoms with Crippen molar-refractivity contribution in [3.8, 4) is 11.8 Å². The third-order valence-corrected chi connectivity index (χ3v) is 2.60. The lowest BCUT2D eigenvalue weighted by atomic mass is 10.2. The first-order valence-corrected chi connectivity index (χ1v) is 6.19. The van der Waals surface area contributed by atoms with E-state index in [2.05, 4.69) is 10.5 Å². The smallest absolute Gasteiger partial charge is 0.150 e. The van der Waals surface area contributed by atoms with Gasteiger partial charge in [-0.25, -0.2) is 0 Å². The van der Waals surface area contributed by atoms with Crippen LogP contribution in [0.5, 0.6) is 5.75 Å². The number of hydrogen-bond acceptors (Lipinski definition) is 6. The molecule has 1 aromatic heterocycles. The minimum absolute atomic E-state index is 0.176. The van der Waals surface area contributed by atoms with Crippen LogP contribution in [0.2, 0.25) is 0 Å². The van der Waals surface area contributed by atoms with Crippen LogP contribution in [-0.2, 0) is 6.54 Å². The fourth-order valence-electron chi connectivity index (χ4n) is 1.57. The molecule has 2 N–H and O–H groups in total. The number of nitrogens with one attached hydrogen (secondary N) is 1. The van der Waals surface area contributed by atoms with Gasteiger partial charge in [0.25, 0.3) is 0 Å². The molecule has 1 atom stereocenters. The highest BCUT2D eigenvalue weighted by Crippen LogP contribution is 2.11. The number of benzene rings is 1. The molecule has 2 rings (SSSR count). The number of aliphatic hydroxyl groups excluding tert-OH is 1. The summed E-state index contributed by atoms with van der Waals surface area (Å²) in [5.74, 6) is 1.34. The first kappa shape index (κ1) is 14.1. The Hall–Kier alpha value is -2.36. The number of rotatable bonds is 7. The predicted molar refractivity (Wildman–Crippen MR) is 70.9 cm³/mol. The maximum absolute atomic E-state index is 9.75. The van der Waals surface area contributed by atoms with E-state index in [0.29, 0.717) is 30.2 Å². The summed E-state index contributed by atoms with van der Waals surface area (Å²) in [6.07, 6.45) is 0.940. The van der Waals surface area contributed by atoms with Crippen molar-refractivity contribution in [1.29, 1.82) is 5.26 Å². The zero-order valence-corrected chi connectivity index (χ0v) is 10.8. The van der Waals surface area contributed by atoms with Crippen LogP contribution in [0.1, 0.15) is 11.3 Å². The van der Waals surface area contributed by atoms with E-state index in [1.165, 1.54) is 0 Å². The Morgan fingerprint density at radius 1 is 1.35 bits per heavy atom. The molecule has 20 heavy (non-hydrogen) atoms. The molecule has 1 aromatic carbocycles. The summed E-state index contributed by atoms with van der Waals surface area (Å²) in [6.45, 7) is 1.07. The topological polar surface area (TPSA) is 91.3 Å². The molecule has 0 fully saturated rings. The number of aromatic nitrogens is 1. The highest BCUT2D eigenvalue weighted by Gasteiger charge is 2.06. The van der Waals surface area contributed by atoms with Gasteiger partial charge in [0, 0.05) is 12.6 Å². The fraction of sp³-hybridized carbons (Fsp3) is 0.286. The summed E-state index contributed by atoms with van der Waals surface area (Å²) >= 11 is 0. The lowest BCUT2D eigenvalue weighted by Crippen LogP contribution is -2.31. The van der Waals surface area contributed by atoms with Crippen molar-refractivity contribution in [2.75, 3.05) is 13.2 Å². The molecule has 6 heteroatoms. The molecule has 0 aliphatic carbocycles. The summed E-state index contributed by atoms with van der Waals surface area (Å²) in [5.41, 5.74) is 0.576. The first-order valence-electron chi connectivity index (χ1n) is 6.19. The molecule has 0 amide bonds. The van der Waals surface area contributed by atoms with Crippen LogP contribution in [0.4, 0.5) is 0 Å². The van der Waals surface area contributed by atoms with Crippen LogP contribution in [0.15, 0.2) is 41.1 Å². The SMILES string of the molecule is N#Cc1ccc(OCC(O)CNCc2ccno2)cc1. The van der Waals surface area contributed by atoms with Gasteiger partial charge in [0.15, 0.2) is 0 Å². The van der Waals surface area contributed by atoms with E-state index < -0.39 is 6.10 Å². The quantitative estimate of drug-likeness (QED) is 0.784. The van der Waals surface area contributed by atoms with Crippen molar-refractivity contribution in [2.24, 2.45) is 0 Å². The molecule has 0 spiro atoms. The Bertz CT molecular complexity index is 546. The lowest BCUT2D eigenvalue weighted by Gasteiger charge is -2.12. The summed E-state index contributed by atoms with van der Waals surface area (Å²) < 4.78 is 10.3. The van der Waals surface area contributed by atoms with Crippen molar-refractivity contribution in [3.63, 3.8) is 0 Å². The third-order valence-electron chi connectivity index (χ3n) is 2.60. The Balaban J connectivity index is 1.66. The van der Waals surface area contributed by atoms with E-state index in [-0.39, 0.29) is 6.61 Å². The monoisotopic (exact) mass is 273 g/mol. The molecule has 6 nitrogen and oxygen atoms in total. The van der Waals surface area contributed by atoms with Gasteiger partial charge in [0.2, 0.25) is 0 Å². The van der Waals surface area contributed by atoms with Crippen LogP contribution in [0, 0.1) is 11.3 Å². The minimum atomic E-state index is -0.631. The van der Waals surface area contributed by atoms with Gasteiger partial charge in [0.05, 0.1) is 24.4 Å². The van der Waals surface area contributed by atoms with Crippen LogP contribution in [-0.4, -0.2) is 29.5 Å². The second kappa shape index (κ2) is 7.28. The van der Waals surface area contributed by atoms with E-state index in [1.54, 1.807) is 36.5 Å². The van der Waals surface area contributed by atoms with E-state index in [1.807, 2.05) is 6.07 Å². The molecule has 0 bridgehead atoms. The van der Waals surface area contributed by atoms with Crippen molar-refractivity contribution < 1.29 is 14.4 Å². The van der Waals surface area contributed by atoms with Gasteiger partial charge in [-0.1, -0.05) is 5.16 Å². The summed E-state index contributed by atoms with van der Waals surface area (Å²) in [5, 5.41) is 25.0. The number of hydrogen-bond donors (Lipinski definition) is 2.